The maximum atomic E-state index is 4.26. The molecule has 0 amide bonds. The van der Waals surface area contributed by atoms with Crippen LogP contribution in [0, 0.1) is 13.8 Å². The largest absolute Gasteiger partial charge is 0.372 e. The van der Waals surface area contributed by atoms with Gasteiger partial charge in [0.15, 0.2) is 0 Å². The van der Waals surface area contributed by atoms with Crippen LogP contribution in [0.15, 0.2) is 18.8 Å². The van der Waals surface area contributed by atoms with Gasteiger partial charge in [-0.25, -0.2) is 9.97 Å². The number of nitrogens with zero attached hydrogens (tertiary/aromatic N) is 2. The second kappa shape index (κ2) is 4.60. The van der Waals surface area contributed by atoms with Crippen LogP contribution in [0.2, 0.25) is 0 Å². The topological polar surface area (TPSA) is 49.8 Å². The molecule has 4 nitrogen and oxygen atoms in total. The third-order valence-electron chi connectivity index (χ3n) is 1.70. The fourth-order valence-electron chi connectivity index (χ4n) is 1.23. The molecule has 0 aliphatic rings. The van der Waals surface area contributed by atoms with Gasteiger partial charge in [-0.1, -0.05) is 6.58 Å². The SMILES string of the molecule is C=CNC(C)Nc1cc(C)nc(C)n1. The zero-order valence-corrected chi connectivity index (χ0v) is 8.83. The van der Waals surface area contributed by atoms with E-state index in [2.05, 4.69) is 27.2 Å². The van der Waals surface area contributed by atoms with E-state index in [0.29, 0.717) is 0 Å². The molecule has 0 saturated carbocycles. The lowest BCUT2D eigenvalue weighted by atomic mass is 10.4. The molecule has 1 aromatic rings. The molecule has 0 spiro atoms. The Morgan fingerprint density at radius 1 is 1.43 bits per heavy atom. The summed E-state index contributed by atoms with van der Waals surface area (Å²) >= 11 is 0. The highest BCUT2D eigenvalue weighted by Gasteiger charge is 2.01. The third kappa shape index (κ3) is 3.05. The van der Waals surface area contributed by atoms with Gasteiger partial charge in [0, 0.05) is 11.8 Å². The van der Waals surface area contributed by atoms with Gasteiger partial charge in [-0.05, 0) is 27.0 Å². The van der Waals surface area contributed by atoms with Crippen LogP contribution in [0.25, 0.3) is 0 Å². The minimum absolute atomic E-state index is 0.112. The lowest BCUT2D eigenvalue weighted by Crippen LogP contribution is -2.29. The first kappa shape index (κ1) is 10.5. The number of aromatic nitrogens is 2. The molecule has 0 bridgehead atoms. The Morgan fingerprint density at radius 3 is 2.71 bits per heavy atom. The average Bonchev–Trinajstić information content (AvgIpc) is 2.01. The maximum absolute atomic E-state index is 4.26. The van der Waals surface area contributed by atoms with E-state index < -0.39 is 0 Å². The minimum atomic E-state index is 0.112. The highest BCUT2D eigenvalue weighted by atomic mass is 15.1. The van der Waals surface area contributed by atoms with Gasteiger partial charge in [0.2, 0.25) is 0 Å². The maximum Gasteiger partial charge on any atom is 0.131 e. The monoisotopic (exact) mass is 192 g/mol. The van der Waals surface area contributed by atoms with Crippen LogP contribution in [0.4, 0.5) is 5.82 Å². The molecule has 0 aromatic carbocycles. The van der Waals surface area contributed by atoms with E-state index in [0.717, 1.165) is 17.3 Å². The van der Waals surface area contributed by atoms with Crippen LogP contribution in [0.1, 0.15) is 18.4 Å². The molecule has 1 unspecified atom stereocenters. The van der Waals surface area contributed by atoms with E-state index in [9.17, 15) is 0 Å². The van der Waals surface area contributed by atoms with Crippen LogP contribution in [0.5, 0.6) is 0 Å². The summed E-state index contributed by atoms with van der Waals surface area (Å²) in [5.41, 5.74) is 0.964. The van der Waals surface area contributed by atoms with E-state index in [4.69, 9.17) is 0 Å². The van der Waals surface area contributed by atoms with Crippen molar-refractivity contribution in [3.8, 4) is 0 Å². The lowest BCUT2D eigenvalue weighted by Gasteiger charge is -2.14. The van der Waals surface area contributed by atoms with Crippen LogP contribution in [-0.2, 0) is 0 Å². The number of aryl methyl sites for hydroxylation is 2. The standard InChI is InChI=1S/C10H16N4/c1-5-11-8(3)13-10-6-7(2)12-9(4)14-10/h5-6,8,11H,1H2,2-4H3,(H,12,13,14). The number of anilines is 1. The lowest BCUT2D eigenvalue weighted by molar-refractivity contribution is 0.713. The Morgan fingerprint density at radius 2 is 2.14 bits per heavy atom. The molecule has 1 atom stereocenters. The molecule has 1 heterocycles. The summed E-state index contributed by atoms with van der Waals surface area (Å²) in [6.07, 6.45) is 1.76. The Kier molecular flexibility index (Phi) is 3.45. The minimum Gasteiger partial charge on any atom is -0.372 e. The molecule has 1 aromatic heterocycles. The quantitative estimate of drug-likeness (QED) is 0.711. The van der Waals surface area contributed by atoms with Crippen molar-refractivity contribution in [2.75, 3.05) is 5.32 Å². The molecule has 4 heteroatoms. The van der Waals surface area contributed by atoms with Gasteiger partial charge in [-0.15, -0.1) is 0 Å². The summed E-state index contributed by atoms with van der Waals surface area (Å²) in [5, 5.41) is 6.22. The summed E-state index contributed by atoms with van der Waals surface area (Å²) in [6.45, 7) is 9.42. The van der Waals surface area contributed by atoms with Crippen molar-refractivity contribution in [2.24, 2.45) is 0 Å². The zero-order valence-electron chi connectivity index (χ0n) is 8.83. The van der Waals surface area contributed by atoms with Crippen molar-refractivity contribution in [1.82, 2.24) is 15.3 Å². The van der Waals surface area contributed by atoms with Crippen molar-refractivity contribution >= 4 is 5.82 Å². The van der Waals surface area contributed by atoms with Gasteiger partial charge in [-0.2, -0.15) is 0 Å². The summed E-state index contributed by atoms with van der Waals surface area (Å²) in [4.78, 5) is 8.46. The Hall–Kier alpha value is -1.58. The molecule has 0 fully saturated rings. The summed E-state index contributed by atoms with van der Waals surface area (Å²) in [6, 6.07) is 1.91. The van der Waals surface area contributed by atoms with Crippen LogP contribution >= 0.6 is 0 Å². The average molecular weight is 192 g/mol. The van der Waals surface area contributed by atoms with Crippen molar-refractivity contribution in [2.45, 2.75) is 26.9 Å². The summed E-state index contributed by atoms with van der Waals surface area (Å²) in [7, 11) is 0. The van der Waals surface area contributed by atoms with Crippen LogP contribution < -0.4 is 10.6 Å². The molecule has 0 aliphatic carbocycles. The Labute approximate surface area is 84.5 Å². The number of hydrogen-bond acceptors (Lipinski definition) is 4. The van der Waals surface area contributed by atoms with Gasteiger partial charge in [0.25, 0.3) is 0 Å². The first-order chi connectivity index (χ1) is 6.61. The van der Waals surface area contributed by atoms with E-state index >= 15 is 0 Å². The number of nitrogens with one attached hydrogen (secondary N) is 2. The summed E-state index contributed by atoms with van der Waals surface area (Å²) in [5.74, 6) is 1.61. The third-order valence-corrected chi connectivity index (χ3v) is 1.70. The van der Waals surface area contributed by atoms with E-state index in [1.165, 1.54) is 0 Å². The van der Waals surface area contributed by atoms with Gasteiger partial charge in [0.1, 0.15) is 11.6 Å². The number of rotatable bonds is 4. The van der Waals surface area contributed by atoms with E-state index in [1.54, 1.807) is 6.20 Å². The Balaban J connectivity index is 2.71. The fourth-order valence-corrected chi connectivity index (χ4v) is 1.23. The van der Waals surface area contributed by atoms with Crippen LogP contribution in [0.3, 0.4) is 0 Å². The summed E-state index contributed by atoms with van der Waals surface area (Å²) < 4.78 is 0. The van der Waals surface area contributed by atoms with E-state index in [1.807, 2.05) is 26.8 Å². The van der Waals surface area contributed by atoms with E-state index in [-0.39, 0.29) is 6.17 Å². The highest BCUT2D eigenvalue weighted by molar-refractivity contribution is 5.36. The van der Waals surface area contributed by atoms with Gasteiger partial charge < -0.3 is 10.6 Å². The zero-order chi connectivity index (χ0) is 10.6. The second-order valence-electron chi connectivity index (χ2n) is 3.18. The predicted octanol–water partition coefficient (Wildman–Crippen LogP) is 1.58. The normalized spacial score (nSPS) is 11.9. The van der Waals surface area contributed by atoms with Crippen molar-refractivity contribution in [3.05, 3.63) is 30.4 Å². The first-order valence-corrected chi connectivity index (χ1v) is 4.57. The molecule has 1 rings (SSSR count). The molecule has 0 aliphatic heterocycles. The molecular weight excluding hydrogens is 176 g/mol. The molecule has 76 valence electrons. The second-order valence-corrected chi connectivity index (χ2v) is 3.18. The molecule has 14 heavy (non-hydrogen) atoms. The first-order valence-electron chi connectivity index (χ1n) is 4.57. The molecular formula is C10H16N4. The molecule has 2 N–H and O–H groups in total. The number of hydrogen-bond donors (Lipinski definition) is 2. The van der Waals surface area contributed by atoms with Crippen molar-refractivity contribution < 1.29 is 0 Å². The predicted molar refractivity (Wildman–Crippen MR) is 57.9 cm³/mol. The smallest absolute Gasteiger partial charge is 0.131 e. The van der Waals surface area contributed by atoms with Crippen LogP contribution in [-0.4, -0.2) is 16.1 Å². The van der Waals surface area contributed by atoms with Gasteiger partial charge in [-0.3, -0.25) is 0 Å². The van der Waals surface area contributed by atoms with Crippen molar-refractivity contribution in [1.29, 1.82) is 0 Å². The molecule has 0 saturated heterocycles. The van der Waals surface area contributed by atoms with Gasteiger partial charge in [0.05, 0.1) is 6.17 Å². The highest BCUT2D eigenvalue weighted by Crippen LogP contribution is 2.06. The Bertz CT molecular complexity index is 302. The van der Waals surface area contributed by atoms with Gasteiger partial charge >= 0.3 is 0 Å². The molecule has 0 radical (unpaired) electrons. The van der Waals surface area contributed by atoms with Crippen molar-refractivity contribution in [3.63, 3.8) is 0 Å². The fraction of sp³-hybridized carbons (Fsp3) is 0.400.